The van der Waals surface area contributed by atoms with Crippen molar-refractivity contribution >= 4 is 17.7 Å². The van der Waals surface area contributed by atoms with E-state index in [1.807, 2.05) is 18.2 Å². The van der Waals surface area contributed by atoms with Gasteiger partial charge in [0.1, 0.15) is 6.04 Å². The zero-order valence-corrected chi connectivity index (χ0v) is 14.7. The van der Waals surface area contributed by atoms with Crippen LogP contribution in [0.3, 0.4) is 0 Å². The van der Waals surface area contributed by atoms with Gasteiger partial charge in [-0.05, 0) is 49.5 Å². The van der Waals surface area contributed by atoms with Crippen molar-refractivity contribution in [2.24, 2.45) is 5.92 Å². The number of carbonyl (C=O) groups is 3. The van der Waals surface area contributed by atoms with Crippen LogP contribution in [0.4, 0.5) is 0 Å². The van der Waals surface area contributed by atoms with Crippen LogP contribution in [0.25, 0.3) is 0 Å². The van der Waals surface area contributed by atoms with Crippen molar-refractivity contribution in [2.45, 2.75) is 38.4 Å². The molecule has 1 unspecified atom stereocenters. The highest BCUT2D eigenvalue weighted by molar-refractivity contribution is 6.05. The normalized spacial score (nSPS) is 25.5. The van der Waals surface area contributed by atoms with E-state index in [0.29, 0.717) is 31.0 Å². The summed E-state index contributed by atoms with van der Waals surface area (Å²) in [6.07, 6.45) is 1.86. The van der Waals surface area contributed by atoms with Crippen LogP contribution >= 0.6 is 0 Å². The van der Waals surface area contributed by atoms with Crippen LogP contribution in [0, 0.1) is 5.92 Å². The first-order valence-electron chi connectivity index (χ1n) is 9.30. The number of hydrogen-bond donors (Lipinski definition) is 3. The number of nitrogens with one attached hydrogen (secondary N) is 3. The van der Waals surface area contributed by atoms with Crippen LogP contribution in [-0.2, 0) is 22.7 Å². The molecule has 3 aliphatic rings. The maximum absolute atomic E-state index is 13.0. The summed E-state index contributed by atoms with van der Waals surface area (Å²) < 4.78 is 0. The van der Waals surface area contributed by atoms with E-state index >= 15 is 0 Å². The molecule has 2 fully saturated rings. The molecule has 3 N–H and O–H groups in total. The summed E-state index contributed by atoms with van der Waals surface area (Å²) in [6, 6.07) is 5.33. The third kappa shape index (κ3) is 3.24. The average Bonchev–Trinajstić information content (AvgIpc) is 3.24. The molecule has 0 spiro atoms. The second-order valence-corrected chi connectivity index (χ2v) is 7.34. The highest BCUT2D eigenvalue weighted by Gasteiger charge is 2.39. The molecule has 2 saturated heterocycles. The van der Waals surface area contributed by atoms with Crippen molar-refractivity contribution in [3.05, 3.63) is 34.9 Å². The van der Waals surface area contributed by atoms with Crippen LogP contribution in [0.5, 0.6) is 0 Å². The third-order valence-corrected chi connectivity index (χ3v) is 5.55. The molecule has 0 radical (unpaired) electrons. The van der Waals surface area contributed by atoms with Gasteiger partial charge in [-0.2, -0.15) is 0 Å². The summed E-state index contributed by atoms with van der Waals surface area (Å²) >= 11 is 0. The molecule has 7 nitrogen and oxygen atoms in total. The summed E-state index contributed by atoms with van der Waals surface area (Å²) in [4.78, 5) is 38.1. The van der Waals surface area contributed by atoms with E-state index in [9.17, 15) is 14.4 Å². The Kier molecular flexibility index (Phi) is 4.74. The van der Waals surface area contributed by atoms with Crippen LogP contribution < -0.4 is 16.0 Å². The first-order chi connectivity index (χ1) is 12.6. The molecule has 1 aromatic carbocycles. The number of imide groups is 1. The first kappa shape index (κ1) is 17.2. The molecular weight excluding hydrogens is 332 g/mol. The number of nitrogens with zero attached hydrogens (tertiary/aromatic N) is 1. The van der Waals surface area contributed by atoms with Crippen LogP contribution in [-0.4, -0.2) is 48.3 Å². The number of amides is 3. The monoisotopic (exact) mass is 356 g/mol. The van der Waals surface area contributed by atoms with Gasteiger partial charge in [-0.3, -0.25) is 19.7 Å². The van der Waals surface area contributed by atoms with Gasteiger partial charge in [0.2, 0.25) is 11.8 Å². The maximum Gasteiger partial charge on any atom is 0.255 e. The average molecular weight is 356 g/mol. The standard InChI is InChI=1S/C19H24N4O3/c24-16-5-4-15(18(25)22-16)23-11-14-3-1-2-13(17(14)19(23)26)10-21-9-12-6-7-20-8-12/h1-3,12,15,20-21H,4-11H2,(H,22,24,25)/t12-,15?/m0/s1. The Hall–Kier alpha value is -2.25. The van der Waals surface area contributed by atoms with Crippen molar-refractivity contribution in [3.8, 4) is 0 Å². The van der Waals surface area contributed by atoms with Gasteiger partial charge in [-0.15, -0.1) is 0 Å². The van der Waals surface area contributed by atoms with Gasteiger partial charge in [0.15, 0.2) is 0 Å². The highest BCUT2D eigenvalue weighted by Crippen LogP contribution is 2.29. The molecule has 0 aromatic heterocycles. The summed E-state index contributed by atoms with van der Waals surface area (Å²) in [5.74, 6) is -0.0885. The van der Waals surface area contributed by atoms with Gasteiger partial charge >= 0.3 is 0 Å². The SMILES string of the molecule is O=C1CCC(N2Cc3cccc(CNC[C@H]4CCNC4)c3C2=O)C(=O)N1. The zero-order valence-electron chi connectivity index (χ0n) is 14.7. The Morgan fingerprint density at radius 2 is 2.08 bits per heavy atom. The van der Waals surface area contributed by atoms with Gasteiger partial charge in [0.05, 0.1) is 0 Å². The molecule has 0 saturated carbocycles. The summed E-state index contributed by atoms with van der Waals surface area (Å²) in [5, 5.41) is 9.17. The van der Waals surface area contributed by atoms with E-state index in [0.717, 1.165) is 30.8 Å². The largest absolute Gasteiger partial charge is 0.322 e. The first-order valence-corrected chi connectivity index (χ1v) is 9.30. The molecule has 26 heavy (non-hydrogen) atoms. The molecule has 0 bridgehead atoms. The lowest BCUT2D eigenvalue weighted by Crippen LogP contribution is -2.52. The number of fused-ring (bicyclic) bond motifs is 1. The van der Waals surface area contributed by atoms with Gasteiger partial charge in [0.25, 0.3) is 5.91 Å². The van der Waals surface area contributed by atoms with E-state index in [-0.39, 0.29) is 24.1 Å². The van der Waals surface area contributed by atoms with Crippen molar-refractivity contribution in [1.29, 1.82) is 0 Å². The molecule has 7 heteroatoms. The lowest BCUT2D eigenvalue weighted by molar-refractivity contribution is -0.136. The Labute approximate surface area is 152 Å². The fourth-order valence-electron chi connectivity index (χ4n) is 4.14. The molecular formula is C19H24N4O3. The Balaban J connectivity index is 1.46. The topological polar surface area (TPSA) is 90.5 Å². The minimum absolute atomic E-state index is 0.102. The Bertz CT molecular complexity index is 742. The molecule has 2 atom stereocenters. The van der Waals surface area contributed by atoms with Crippen molar-refractivity contribution < 1.29 is 14.4 Å². The van der Waals surface area contributed by atoms with Gasteiger partial charge in [-0.25, -0.2) is 0 Å². The lowest BCUT2D eigenvalue weighted by atomic mass is 10.0. The summed E-state index contributed by atoms with van der Waals surface area (Å²) in [6.45, 7) is 4.13. The smallest absolute Gasteiger partial charge is 0.255 e. The number of benzene rings is 1. The van der Waals surface area contributed by atoms with Gasteiger partial charge < -0.3 is 15.5 Å². The minimum Gasteiger partial charge on any atom is -0.322 e. The molecule has 1 aromatic rings. The number of carbonyl (C=O) groups excluding carboxylic acids is 3. The van der Waals surface area contributed by atoms with E-state index in [1.165, 1.54) is 6.42 Å². The minimum atomic E-state index is -0.557. The fraction of sp³-hybridized carbons (Fsp3) is 0.526. The van der Waals surface area contributed by atoms with Crippen molar-refractivity contribution in [1.82, 2.24) is 20.9 Å². The predicted molar refractivity (Wildman–Crippen MR) is 95.2 cm³/mol. The fourth-order valence-corrected chi connectivity index (χ4v) is 4.14. The van der Waals surface area contributed by atoms with Crippen LogP contribution in [0.1, 0.15) is 40.7 Å². The molecule has 3 amide bonds. The van der Waals surface area contributed by atoms with E-state index < -0.39 is 6.04 Å². The summed E-state index contributed by atoms with van der Waals surface area (Å²) in [7, 11) is 0. The van der Waals surface area contributed by atoms with Gasteiger partial charge in [0, 0.05) is 25.1 Å². The second-order valence-electron chi connectivity index (χ2n) is 7.34. The van der Waals surface area contributed by atoms with E-state index in [4.69, 9.17) is 0 Å². The second kappa shape index (κ2) is 7.17. The third-order valence-electron chi connectivity index (χ3n) is 5.55. The van der Waals surface area contributed by atoms with Crippen molar-refractivity contribution in [3.63, 3.8) is 0 Å². The molecule has 3 heterocycles. The lowest BCUT2D eigenvalue weighted by Gasteiger charge is -2.29. The van der Waals surface area contributed by atoms with E-state index in [2.05, 4.69) is 16.0 Å². The van der Waals surface area contributed by atoms with Crippen LogP contribution in [0.15, 0.2) is 18.2 Å². The Morgan fingerprint density at radius 1 is 1.19 bits per heavy atom. The van der Waals surface area contributed by atoms with Gasteiger partial charge in [-0.1, -0.05) is 18.2 Å². The summed E-state index contributed by atoms with van der Waals surface area (Å²) in [5.41, 5.74) is 2.66. The van der Waals surface area contributed by atoms with Crippen LogP contribution in [0.2, 0.25) is 0 Å². The quantitative estimate of drug-likeness (QED) is 0.653. The molecule has 3 aliphatic heterocycles. The molecule has 0 aliphatic carbocycles. The zero-order chi connectivity index (χ0) is 18.1. The number of rotatable bonds is 5. The predicted octanol–water partition coefficient (Wildman–Crippen LogP) is 0.147. The maximum atomic E-state index is 13.0. The Morgan fingerprint density at radius 3 is 2.85 bits per heavy atom. The highest BCUT2D eigenvalue weighted by atomic mass is 16.2. The van der Waals surface area contributed by atoms with Crippen molar-refractivity contribution in [2.75, 3.05) is 19.6 Å². The molecule has 4 rings (SSSR count). The molecule has 138 valence electrons. The number of hydrogen-bond acceptors (Lipinski definition) is 5. The number of piperidine rings is 1. The van der Waals surface area contributed by atoms with E-state index in [1.54, 1.807) is 4.90 Å².